The van der Waals surface area contributed by atoms with E-state index >= 15 is 0 Å². The lowest BCUT2D eigenvalue weighted by Gasteiger charge is -2.24. The zero-order valence-electron chi connectivity index (χ0n) is 73.4. The summed E-state index contributed by atoms with van der Waals surface area (Å²) in [5, 5.41) is 38.8. The quantitative estimate of drug-likeness (QED) is 0.0295. The normalized spacial score (nSPS) is 13.3. The fourth-order valence-electron chi connectivity index (χ4n) is 16.2. The van der Waals surface area contributed by atoms with Crippen molar-refractivity contribution < 1.29 is 22.4 Å². The molecule has 0 spiro atoms. The molecule has 12 aromatic heterocycles. The third-order valence-corrected chi connectivity index (χ3v) is 23.4. The maximum atomic E-state index is 14.5. The van der Waals surface area contributed by atoms with E-state index < -0.39 is 5.82 Å². The van der Waals surface area contributed by atoms with Crippen LogP contribution in [0.3, 0.4) is 0 Å². The van der Waals surface area contributed by atoms with Gasteiger partial charge in [0, 0.05) is 53.2 Å². The first-order valence-electron chi connectivity index (χ1n) is 42.8. The van der Waals surface area contributed by atoms with Crippen molar-refractivity contribution in [3.05, 3.63) is 292 Å². The van der Waals surface area contributed by atoms with Crippen molar-refractivity contribution in [2.24, 2.45) is 0 Å². The minimum atomic E-state index is -0.507. The van der Waals surface area contributed by atoms with Gasteiger partial charge in [0.1, 0.15) is 99.9 Å². The van der Waals surface area contributed by atoms with Gasteiger partial charge in [-0.15, -0.1) is 10.2 Å². The molecule has 36 nitrogen and oxygen atoms in total. The number of nitrogens with two attached hydrogens (primary N) is 4. The van der Waals surface area contributed by atoms with Crippen molar-refractivity contribution in [3.63, 3.8) is 0 Å². The Kier molecular flexibility index (Phi) is 25.4. The molecule has 674 valence electrons. The maximum absolute atomic E-state index is 14.5. The first-order chi connectivity index (χ1) is 64.4. The molecule has 12 N–H and O–H groups in total. The average molecular weight is 1830 g/mol. The number of benzene rings is 6. The van der Waals surface area contributed by atoms with E-state index in [4.69, 9.17) is 64.1 Å². The number of aromatic nitrogens is 20. The molecule has 2 aliphatic carbocycles. The molecule has 133 heavy (non-hydrogen) atoms. The van der Waals surface area contributed by atoms with E-state index in [2.05, 4.69) is 108 Å². The Balaban J connectivity index is 0.000000124. The van der Waals surface area contributed by atoms with Crippen molar-refractivity contribution >= 4 is 113 Å². The number of hydrogen-bond acceptors (Lipinski definition) is 32. The Bertz CT molecular complexity index is 7450. The van der Waals surface area contributed by atoms with Gasteiger partial charge in [-0.05, 0) is 173 Å². The van der Waals surface area contributed by atoms with Crippen molar-refractivity contribution in [2.75, 3.05) is 44.2 Å². The van der Waals surface area contributed by atoms with E-state index in [1.807, 2.05) is 161 Å². The maximum Gasteiger partial charge on any atom is 0.265 e. The lowest BCUT2D eigenvalue weighted by Crippen LogP contribution is -2.27. The van der Waals surface area contributed by atoms with Crippen molar-refractivity contribution in [1.82, 2.24) is 98.8 Å². The first-order valence-corrected chi connectivity index (χ1v) is 43.6. The minimum absolute atomic E-state index is 0.0610. The molecule has 12 heterocycles. The summed E-state index contributed by atoms with van der Waals surface area (Å²) < 4.78 is 43.0. The molecule has 0 amide bonds. The molecule has 18 aromatic rings. The lowest BCUT2D eigenvalue weighted by molar-refractivity contribution is 0.425. The van der Waals surface area contributed by atoms with Gasteiger partial charge in [0.15, 0.2) is 17.5 Å². The van der Waals surface area contributed by atoms with E-state index in [9.17, 15) is 23.6 Å². The fraction of sp³-hybridized carbons (Fsp3) is 0.234. The highest BCUT2D eigenvalue weighted by molar-refractivity contribution is 6.36. The second-order valence-electron chi connectivity index (χ2n) is 31.9. The molecular weight excluding hydrogens is 1740 g/mol. The molecule has 0 bridgehead atoms. The summed E-state index contributed by atoms with van der Waals surface area (Å²) >= 11 is 12.8. The number of fused-ring (bicyclic) bond motifs is 4. The number of rotatable bonds is 23. The van der Waals surface area contributed by atoms with Crippen LogP contribution < -0.4 is 66.4 Å². The van der Waals surface area contributed by atoms with Gasteiger partial charge in [-0.2, -0.15) is 15.0 Å². The molecule has 20 rings (SSSR count). The SMILES string of the molecule is CC[C@H](Nc1ncnc(N)c1-c1nc(C)no1)c1cc2cccc(C)c2c(=O)n1-c1ccccc1.CC[C@H](Nc1ncnc(N)c1-c1nc(C)no1)c1cc2cccc(Cl)c2c(=O)n1-c1ccccc1.CC[C@H](Nc1ncnc(N)c1-c1nc(C)no1)c1cc2cccc(F)c2c(=O)n1C1CC1.Cc1nnc(-c2c(N)ncnc2N[C@@H](C)c2cc3cccc(Cl)c3c(=O)n2C2CC2)o1. The monoisotopic (exact) mass is 1830 g/mol. The predicted octanol–water partition coefficient (Wildman–Crippen LogP) is 17.2. The van der Waals surface area contributed by atoms with Gasteiger partial charge in [-0.1, -0.05) is 150 Å². The molecule has 2 aliphatic rings. The zero-order chi connectivity index (χ0) is 93.2. The number of halogens is 3. The summed E-state index contributed by atoms with van der Waals surface area (Å²) in [4.78, 5) is 101. The van der Waals surface area contributed by atoms with Crippen LogP contribution in [-0.2, 0) is 0 Å². The van der Waals surface area contributed by atoms with Crippen LogP contribution >= 0.6 is 23.2 Å². The summed E-state index contributed by atoms with van der Waals surface area (Å²) in [6, 6.07) is 47.5. The average Bonchev–Trinajstić information content (AvgIpc) is 1.62. The highest BCUT2D eigenvalue weighted by Crippen LogP contribution is 2.43. The zero-order valence-corrected chi connectivity index (χ0v) is 74.9. The number of hydrogen-bond donors (Lipinski definition) is 8. The van der Waals surface area contributed by atoms with Crippen LogP contribution in [-0.4, -0.2) is 98.8 Å². The molecule has 39 heteroatoms. The predicted molar refractivity (Wildman–Crippen MR) is 507 cm³/mol. The van der Waals surface area contributed by atoms with Gasteiger partial charge in [-0.25, -0.2) is 44.3 Å². The third-order valence-electron chi connectivity index (χ3n) is 22.8. The van der Waals surface area contributed by atoms with E-state index in [-0.39, 0.29) is 111 Å². The van der Waals surface area contributed by atoms with E-state index in [1.165, 1.54) is 31.4 Å². The van der Waals surface area contributed by atoms with Crippen LogP contribution in [0.15, 0.2) is 220 Å². The van der Waals surface area contributed by atoms with Gasteiger partial charge in [-0.3, -0.25) is 28.3 Å². The van der Waals surface area contributed by atoms with Crippen LogP contribution in [0.4, 0.5) is 50.9 Å². The van der Waals surface area contributed by atoms with Crippen LogP contribution in [0.25, 0.3) is 100 Å². The van der Waals surface area contributed by atoms with Crippen LogP contribution in [0.2, 0.25) is 10.0 Å². The Hall–Kier alpha value is -16.1. The smallest absolute Gasteiger partial charge is 0.265 e. The Labute approximate surface area is 766 Å². The highest BCUT2D eigenvalue weighted by atomic mass is 35.5. The lowest BCUT2D eigenvalue weighted by atomic mass is 10.0. The Morgan fingerprint density at radius 3 is 1.17 bits per heavy atom. The van der Waals surface area contributed by atoms with E-state index in [0.717, 1.165) is 81.6 Å². The fourth-order valence-corrected chi connectivity index (χ4v) is 16.7. The molecule has 2 fully saturated rings. The summed E-state index contributed by atoms with van der Waals surface area (Å²) in [5.41, 5.74) is 31.1. The topological polar surface area (TPSA) is 499 Å². The second kappa shape index (κ2) is 37.9. The van der Waals surface area contributed by atoms with Gasteiger partial charge in [0.05, 0.1) is 55.8 Å². The molecule has 0 aliphatic heterocycles. The van der Waals surface area contributed by atoms with Crippen LogP contribution in [0.5, 0.6) is 0 Å². The summed E-state index contributed by atoms with van der Waals surface area (Å²) in [6.07, 6.45) is 11.1. The highest BCUT2D eigenvalue weighted by Gasteiger charge is 2.35. The summed E-state index contributed by atoms with van der Waals surface area (Å²) in [6.45, 7) is 16.8. The molecule has 2 saturated carbocycles. The van der Waals surface area contributed by atoms with Crippen LogP contribution in [0, 0.1) is 40.4 Å². The number of aryl methyl sites for hydroxylation is 5. The number of nitrogen functional groups attached to an aromatic ring is 4. The number of anilines is 8. The number of para-hydroxylation sites is 2. The molecule has 6 aromatic carbocycles. The molecule has 0 radical (unpaired) electrons. The van der Waals surface area contributed by atoms with E-state index in [0.29, 0.717) is 120 Å². The van der Waals surface area contributed by atoms with Crippen molar-refractivity contribution in [2.45, 2.75) is 144 Å². The van der Waals surface area contributed by atoms with E-state index in [1.54, 1.807) is 65.7 Å². The molecule has 0 saturated heterocycles. The van der Waals surface area contributed by atoms with Gasteiger partial charge >= 0.3 is 0 Å². The largest absolute Gasteiger partial charge is 0.421 e. The Morgan fingerprint density at radius 1 is 0.406 bits per heavy atom. The van der Waals surface area contributed by atoms with Crippen molar-refractivity contribution in [3.8, 4) is 57.2 Å². The third kappa shape index (κ3) is 18.2. The summed E-state index contributed by atoms with van der Waals surface area (Å²) in [7, 11) is 0. The summed E-state index contributed by atoms with van der Waals surface area (Å²) in [5.74, 6) is 4.75. The number of nitrogens with one attached hydrogen (secondary N) is 4. The molecule has 4 atom stereocenters. The van der Waals surface area contributed by atoms with Crippen LogP contribution in [0.1, 0.15) is 161 Å². The Morgan fingerprint density at radius 2 is 0.759 bits per heavy atom. The number of nitrogens with zero attached hydrogens (tertiary/aromatic N) is 20. The molecular formula is C94H89Cl2FN28O8. The van der Waals surface area contributed by atoms with Gasteiger partial charge < -0.3 is 71.3 Å². The van der Waals surface area contributed by atoms with Gasteiger partial charge in [0.2, 0.25) is 5.89 Å². The van der Waals surface area contributed by atoms with Gasteiger partial charge in [0.25, 0.3) is 45.8 Å². The number of pyridine rings is 4. The first kappa shape index (κ1) is 89.0. The second-order valence-corrected chi connectivity index (χ2v) is 32.7. The molecule has 0 unspecified atom stereocenters. The van der Waals surface area contributed by atoms with Crippen molar-refractivity contribution in [1.29, 1.82) is 0 Å². The standard InChI is InChI=1S/C26H25N7O2.C25H22ClN7O2.C22H22FN7O2.C21H20ClN7O2/c1-4-19(31-24-22(23(27)28-14-29-24)25-30-16(3)32-35-25)20-13-17-10-8-9-15(2)21(17)26(34)33(20)18-11-6-5-7-12-18;1-3-18(31-23-21(22(27)28-13-29-23)24-30-14(2)32-35-24)19-12-15-8-7-11-17(26)20(15)25(34)33(19)16-9-5-4-6-10-16;1-3-15(28-20-18(19(24)25-10-26-20)21-27-11(2)29-32-21)16-9-12-5-4-6-14(23)17(12)22(31)30(16)13-7-8-13;1-10(26-19-17(18(23)24-9-25-19)20-28-27-11(2)31-20)15-8-12-4-3-5-14(22)16(12)21(30)29(15)13-6-7-13/h5-14,19H,4H2,1-3H3,(H3,27,28,29,31);4-13,18H,3H2,1-2H3,(H3,27,28,29,31);4-6,9-10,13,15H,3,7-8H2,1-2H3,(H3,24,25,26,28);3-5,8-10,13H,6-7H2,1-2H3,(H3,23,24,25,26)/t19-;18-;15-;10-/m0000/s1. The minimum Gasteiger partial charge on any atom is -0.421 e.